The standard InChI is InChI=1S/C27H25F2N3O2S/c1-3-34-26(33)25-16(2)30-27(35-25)32-24(18-9-13-21(29)14-10-18)22-6-4-5-19(23(22)31-32)15-17-7-11-20(28)12-8-17/h7-15,22,24H,3-6H2,1-2H3/b19-15-. The number of hydrogen-bond acceptors (Lipinski definition) is 6. The summed E-state index contributed by atoms with van der Waals surface area (Å²) < 4.78 is 32.3. The van der Waals surface area contributed by atoms with Crippen molar-refractivity contribution in [2.75, 3.05) is 11.6 Å². The van der Waals surface area contributed by atoms with Crippen LogP contribution >= 0.6 is 11.3 Å². The van der Waals surface area contributed by atoms with Crippen molar-refractivity contribution in [3.05, 3.63) is 87.4 Å². The number of aryl methyl sites for hydroxylation is 1. The summed E-state index contributed by atoms with van der Waals surface area (Å²) in [5.41, 5.74) is 4.50. The fourth-order valence-electron chi connectivity index (χ4n) is 4.78. The first-order chi connectivity index (χ1) is 16.9. The van der Waals surface area contributed by atoms with Crippen LogP contribution in [0.4, 0.5) is 13.9 Å². The second-order valence-corrected chi connectivity index (χ2v) is 9.66. The summed E-state index contributed by atoms with van der Waals surface area (Å²) in [4.78, 5) is 17.6. The van der Waals surface area contributed by atoms with Crippen molar-refractivity contribution < 1.29 is 18.3 Å². The normalized spacial score (nSPS) is 20.6. The van der Waals surface area contributed by atoms with E-state index in [0.29, 0.717) is 15.7 Å². The van der Waals surface area contributed by atoms with Gasteiger partial charge in [0.15, 0.2) is 0 Å². The number of rotatable bonds is 5. The van der Waals surface area contributed by atoms with E-state index in [0.717, 1.165) is 41.7 Å². The highest BCUT2D eigenvalue weighted by molar-refractivity contribution is 7.17. The number of halogens is 2. The van der Waals surface area contributed by atoms with Gasteiger partial charge in [-0.2, -0.15) is 5.10 Å². The highest BCUT2D eigenvalue weighted by Crippen LogP contribution is 2.47. The molecule has 2 aliphatic rings. The number of anilines is 1. The fourth-order valence-corrected chi connectivity index (χ4v) is 5.73. The number of ether oxygens (including phenoxy) is 1. The SMILES string of the molecule is CCOC(=O)c1sc(N2N=C3/C(=C\c4ccc(F)cc4)CCCC3C2c2ccc(F)cc2)nc1C. The molecule has 5 nitrogen and oxygen atoms in total. The van der Waals surface area contributed by atoms with Crippen molar-refractivity contribution in [1.82, 2.24) is 4.98 Å². The van der Waals surface area contributed by atoms with Crippen molar-refractivity contribution in [3.8, 4) is 0 Å². The van der Waals surface area contributed by atoms with Gasteiger partial charge in [0, 0.05) is 5.92 Å². The molecule has 2 aromatic carbocycles. The predicted molar refractivity (Wildman–Crippen MR) is 134 cm³/mol. The Kier molecular flexibility index (Phi) is 6.47. The van der Waals surface area contributed by atoms with Gasteiger partial charge in [0.2, 0.25) is 5.13 Å². The molecule has 0 spiro atoms. The van der Waals surface area contributed by atoms with Crippen molar-refractivity contribution in [2.24, 2.45) is 11.0 Å². The largest absolute Gasteiger partial charge is 0.462 e. The Bertz CT molecular complexity index is 1300. The van der Waals surface area contributed by atoms with Crippen LogP contribution in [0.1, 0.15) is 58.7 Å². The molecule has 2 atom stereocenters. The molecular weight excluding hydrogens is 468 g/mol. The number of benzene rings is 2. The molecule has 0 bridgehead atoms. The summed E-state index contributed by atoms with van der Waals surface area (Å²) in [5.74, 6) is -0.884. The van der Waals surface area contributed by atoms with E-state index in [4.69, 9.17) is 9.84 Å². The van der Waals surface area contributed by atoms with Gasteiger partial charge in [0.05, 0.1) is 24.1 Å². The highest BCUT2D eigenvalue weighted by atomic mass is 32.1. The number of aromatic nitrogens is 1. The number of nitrogens with zero attached hydrogens (tertiary/aromatic N) is 3. The van der Waals surface area contributed by atoms with E-state index in [1.54, 1.807) is 38.1 Å². The Morgan fingerprint density at radius 3 is 2.51 bits per heavy atom. The minimum atomic E-state index is -0.395. The van der Waals surface area contributed by atoms with E-state index >= 15 is 0 Å². The molecule has 35 heavy (non-hydrogen) atoms. The molecule has 5 rings (SSSR count). The molecule has 3 aromatic rings. The zero-order valence-electron chi connectivity index (χ0n) is 19.5. The molecule has 180 valence electrons. The maximum Gasteiger partial charge on any atom is 0.350 e. The molecule has 0 radical (unpaired) electrons. The number of hydrazone groups is 1. The van der Waals surface area contributed by atoms with Crippen molar-refractivity contribution in [2.45, 2.75) is 39.2 Å². The topological polar surface area (TPSA) is 54.8 Å². The van der Waals surface area contributed by atoms with Crippen LogP contribution in [-0.4, -0.2) is 23.3 Å². The third kappa shape index (κ3) is 4.62. The van der Waals surface area contributed by atoms with E-state index in [9.17, 15) is 13.6 Å². The molecule has 0 amide bonds. The number of fused-ring (bicyclic) bond motifs is 1. The molecule has 1 aromatic heterocycles. The highest BCUT2D eigenvalue weighted by Gasteiger charge is 2.43. The first-order valence-corrected chi connectivity index (χ1v) is 12.5. The molecule has 2 unspecified atom stereocenters. The second kappa shape index (κ2) is 9.70. The average molecular weight is 494 g/mol. The van der Waals surface area contributed by atoms with Gasteiger partial charge >= 0.3 is 5.97 Å². The minimum absolute atomic E-state index is 0.0798. The molecule has 1 saturated carbocycles. The second-order valence-electron chi connectivity index (χ2n) is 8.68. The summed E-state index contributed by atoms with van der Waals surface area (Å²) in [6.45, 7) is 3.84. The van der Waals surface area contributed by atoms with E-state index in [1.807, 2.05) is 5.01 Å². The van der Waals surface area contributed by atoms with Crippen molar-refractivity contribution in [1.29, 1.82) is 0 Å². The lowest BCUT2D eigenvalue weighted by atomic mass is 9.77. The minimum Gasteiger partial charge on any atom is -0.462 e. The molecule has 0 saturated heterocycles. The third-order valence-corrected chi connectivity index (χ3v) is 7.49. The summed E-state index contributed by atoms with van der Waals surface area (Å²) in [5, 5.41) is 7.50. The number of carbonyl (C=O) groups excluding carboxylic acids is 1. The number of allylic oxidation sites excluding steroid dienone is 1. The molecule has 1 fully saturated rings. The van der Waals surface area contributed by atoms with Crippen molar-refractivity contribution in [3.63, 3.8) is 0 Å². The van der Waals surface area contributed by atoms with Crippen LogP contribution in [0.25, 0.3) is 6.08 Å². The number of thiazole rings is 1. The van der Waals surface area contributed by atoms with Crippen LogP contribution in [0.2, 0.25) is 0 Å². The van der Waals surface area contributed by atoms with Gasteiger partial charge in [-0.1, -0.05) is 35.6 Å². The first kappa shape index (κ1) is 23.4. The van der Waals surface area contributed by atoms with Crippen LogP contribution < -0.4 is 5.01 Å². The Balaban J connectivity index is 1.58. The van der Waals surface area contributed by atoms with Crippen LogP contribution in [0.5, 0.6) is 0 Å². The lowest BCUT2D eigenvalue weighted by molar-refractivity contribution is 0.0531. The predicted octanol–water partition coefficient (Wildman–Crippen LogP) is 6.71. The van der Waals surface area contributed by atoms with Gasteiger partial charge in [0.1, 0.15) is 16.5 Å². The zero-order chi connectivity index (χ0) is 24.5. The first-order valence-electron chi connectivity index (χ1n) is 11.7. The number of carbonyl (C=O) groups is 1. The molecule has 1 aliphatic carbocycles. The Hall–Kier alpha value is -3.39. The Labute approximate surface area is 206 Å². The van der Waals surface area contributed by atoms with Gasteiger partial charge in [0.25, 0.3) is 0 Å². The maximum atomic E-state index is 13.7. The maximum absolute atomic E-state index is 13.7. The monoisotopic (exact) mass is 493 g/mol. The molecular formula is C27H25F2N3O2S. The van der Waals surface area contributed by atoms with Crippen LogP contribution in [0.15, 0.2) is 59.2 Å². The van der Waals surface area contributed by atoms with Gasteiger partial charge < -0.3 is 4.74 Å². The van der Waals surface area contributed by atoms with E-state index < -0.39 is 5.97 Å². The molecule has 0 N–H and O–H groups in total. The smallest absolute Gasteiger partial charge is 0.350 e. The molecule has 1 aliphatic heterocycles. The lowest BCUT2D eigenvalue weighted by Gasteiger charge is -2.29. The zero-order valence-corrected chi connectivity index (χ0v) is 20.3. The van der Waals surface area contributed by atoms with E-state index in [1.165, 1.54) is 35.6 Å². The van der Waals surface area contributed by atoms with Gasteiger partial charge in [-0.05, 0) is 80.2 Å². The Morgan fingerprint density at radius 1 is 1.14 bits per heavy atom. The lowest BCUT2D eigenvalue weighted by Crippen LogP contribution is -2.28. The van der Waals surface area contributed by atoms with E-state index in [-0.39, 0.29) is 30.2 Å². The summed E-state index contributed by atoms with van der Waals surface area (Å²) in [6.07, 6.45) is 4.83. The summed E-state index contributed by atoms with van der Waals surface area (Å²) >= 11 is 1.26. The Morgan fingerprint density at radius 2 is 1.83 bits per heavy atom. The van der Waals surface area contributed by atoms with Crippen LogP contribution in [0.3, 0.4) is 0 Å². The van der Waals surface area contributed by atoms with E-state index in [2.05, 4.69) is 11.1 Å². The number of hydrogen-bond donors (Lipinski definition) is 0. The summed E-state index contributed by atoms with van der Waals surface area (Å²) in [6, 6.07) is 12.7. The quantitative estimate of drug-likeness (QED) is 0.371. The van der Waals surface area contributed by atoms with Gasteiger partial charge in [-0.25, -0.2) is 23.6 Å². The van der Waals surface area contributed by atoms with Gasteiger partial charge in [-0.3, -0.25) is 0 Å². The van der Waals surface area contributed by atoms with Crippen LogP contribution in [-0.2, 0) is 4.74 Å². The molecule has 8 heteroatoms. The van der Waals surface area contributed by atoms with Gasteiger partial charge in [-0.15, -0.1) is 0 Å². The van der Waals surface area contributed by atoms with Crippen LogP contribution in [0, 0.1) is 24.5 Å². The third-order valence-electron chi connectivity index (χ3n) is 6.37. The van der Waals surface area contributed by atoms with Crippen molar-refractivity contribution >= 4 is 34.2 Å². The average Bonchev–Trinajstić information content (AvgIpc) is 3.43. The number of esters is 1. The summed E-state index contributed by atoms with van der Waals surface area (Å²) in [7, 11) is 0. The molecule has 2 heterocycles. The fraction of sp³-hybridized carbons (Fsp3) is 0.296.